The minimum atomic E-state index is -3.76. The number of rotatable bonds is 8. The Hall–Kier alpha value is -3.41. The summed E-state index contributed by atoms with van der Waals surface area (Å²) in [6, 6.07) is 18.9. The second kappa shape index (κ2) is 9.61. The number of hydrogen-bond donors (Lipinski definition) is 2. The molecule has 4 rings (SSSR count). The number of nitrogens with zero attached hydrogens (tertiary/aromatic N) is 3. The number of furan rings is 1. The van der Waals surface area contributed by atoms with E-state index in [1.165, 1.54) is 23.9 Å². The van der Waals surface area contributed by atoms with E-state index >= 15 is 0 Å². The van der Waals surface area contributed by atoms with Gasteiger partial charge in [0, 0.05) is 5.69 Å². The molecule has 33 heavy (non-hydrogen) atoms. The number of thioether (sulfide) groups is 1. The topological polar surface area (TPSA) is 133 Å². The van der Waals surface area contributed by atoms with E-state index in [1.807, 2.05) is 41.8 Å². The smallest absolute Gasteiger partial charge is 0.238 e. The number of amides is 1. The van der Waals surface area contributed by atoms with Crippen LogP contribution in [0.25, 0.3) is 17.3 Å². The van der Waals surface area contributed by atoms with Crippen LogP contribution in [0.5, 0.6) is 0 Å². The lowest BCUT2D eigenvalue weighted by Gasteiger charge is -2.15. The maximum atomic E-state index is 12.6. The third-order valence-electron chi connectivity index (χ3n) is 4.81. The molecule has 11 heteroatoms. The molecule has 2 aromatic carbocycles. The summed E-state index contributed by atoms with van der Waals surface area (Å²) in [7, 11) is -3.76. The Morgan fingerprint density at radius 2 is 1.82 bits per heavy atom. The molecule has 1 amide bonds. The van der Waals surface area contributed by atoms with Gasteiger partial charge in [-0.3, -0.25) is 9.36 Å². The highest BCUT2D eigenvalue weighted by molar-refractivity contribution is 7.99. The van der Waals surface area contributed by atoms with E-state index < -0.39 is 10.0 Å². The second-order valence-corrected chi connectivity index (χ2v) is 9.65. The SMILES string of the molecule is C[C@@H](NC(=O)CSc1nnc(-c2ccco2)n1-c1ccccc1)c1ccc(S(N)(=O)=O)cc1. The molecule has 0 unspecified atom stereocenters. The maximum absolute atomic E-state index is 12.6. The lowest BCUT2D eigenvalue weighted by Crippen LogP contribution is -2.28. The van der Waals surface area contributed by atoms with Gasteiger partial charge in [-0.05, 0) is 48.9 Å². The van der Waals surface area contributed by atoms with Gasteiger partial charge in [0.05, 0.1) is 23.0 Å². The van der Waals surface area contributed by atoms with Gasteiger partial charge in [0.15, 0.2) is 10.9 Å². The maximum Gasteiger partial charge on any atom is 0.238 e. The van der Waals surface area contributed by atoms with Gasteiger partial charge in [0.1, 0.15) is 0 Å². The van der Waals surface area contributed by atoms with Crippen LogP contribution in [-0.4, -0.2) is 34.8 Å². The largest absolute Gasteiger partial charge is 0.461 e. The standard InChI is InChI=1S/C22H21N5O4S2/c1-15(16-9-11-18(12-10-16)33(23,29)30)24-20(28)14-32-22-26-25-21(19-8-5-13-31-19)27(22)17-6-3-2-4-7-17/h2-13,15H,14H2,1H3,(H,24,28)(H2,23,29,30)/t15-/m1/s1. The van der Waals surface area contributed by atoms with E-state index in [9.17, 15) is 13.2 Å². The van der Waals surface area contributed by atoms with E-state index in [0.717, 1.165) is 11.3 Å². The number of benzene rings is 2. The molecule has 0 fully saturated rings. The Balaban J connectivity index is 1.46. The monoisotopic (exact) mass is 483 g/mol. The van der Waals surface area contributed by atoms with Gasteiger partial charge in [-0.2, -0.15) is 0 Å². The van der Waals surface area contributed by atoms with Crippen molar-refractivity contribution in [2.45, 2.75) is 23.0 Å². The molecule has 9 nitrogen and oxygen atoms in total. The third-order valence-corrected chi connectivity index (χ3v) is 6.67. The van der Waals surface area contributed by atoms with Crippen LogP contribution in [0.1, 0.15) is 18.5 Å². The number of carbonyl (C=O) groups is 1. The van der Waals surface area contributed by atoms with E-state index in [0.29, 0.717) is 16.7 Å². The van der Waals surface area contributed by atoms with E-state index in [2.05, 4.69) is 15.5 Å². The van der Waals surface area contributed by atoms with Crippen LogP contribution < -0.4 is 10.5 Å². The van der Waals surface area contributed by atoms with Crippen LogP contribution in [0.2, 0.25) is 0 Å². The van der Waals surface area contributed by atoms with Gasteiger partial charge in [0.25, 0.3) is 0 Å². The molecule has 0 aliphatic carbocycles. The van der Waals surface area contributed by atoms with Crippen LogP contribution in [0, 0.1) is 0 Å². The lowest BCUT2D eigenvalue weighted by atomic mass is 10.1. The summed E-state index contributed by atoms with van der Waals surface area (Å²) in [6.45, 7) is 1.82. The number of para-hydroxylation sites is 1. The van der Waals surface area contributed by atoms with Crippen molar-refractivity contribution in [2.75, 3.05) is 5.75 Å². The molecular formula is C22H21N5O4S2. The van der Waals surface area contributed by atoms with Crippen molar-refractivity contribution >= 4 is 27.7 Å². The Morgan fingerprint density at radius 3 is 2.45 bits per heavy atom. The Kier molecular flexibility index (Phi) is 6.63. The molecule has 0 bridgehead atoms. The summed E-state index contributed by atoms with van der Waals surface area (Å²) in [5, 5.41) is 17.1. The molecule has 0 saturated carbocycles. The number of carbonyl (C=O) groups excluding carboxylic acids is 1. The van der Waals surface area contributed by atoms with Crippen LogP contribution in [-0.2, 0) is 14.8 Å². The summed E-state index contributed by atoms with van der Waals surface area (Å²) in [4.78, 5) is 12.6. The van der Waals surface area contributed by atoms with Gasteiger partial charge in [-0.15, -0.1) is 10.2 Å². The Morgan fingerprint density at radius 1 is 1.09 bits per heavy atom. The molecule has 2 aromatic heterocycles. The fourth-order valence-electron chi connectivity index (χ4n) is 3.18. The van der Waals surface area contributed by atoms with Crippen LogP contribution >= 0.6 is 11.8 Å². The zero-order valence-electron chi connectivity index (χ0n) is 17.6. The van der Waals surface area contributed by atoms with Gasteiger partial charge in [-0.1, -0.05) is 42.1 Å². The fourth-order valence-corrected chi connectivity index (χ4v) is 4.46. The normalized spacial score (nSPS) is 12.4. The zero-order valence-corrected chi connectivity index (χ0v) is 19.2. The summed E-state index contributed by atoms with van der Waals surface area (Å²) in [6.07, 6.45) is 1.57. The molecule has 170 valence electrons. The number of hydrogen-bond acceptors (Lipinski definition) is 7. The molecule has 0 aliphatic heterocycles. The Bertz CT molecular complexity index is 1340. The van der Waals surface area contributed by atoms with Crippen molar-refractivity contribution in [3.05, 3.63) is 78.6 Å². The van der Waals surface area contributed by atoms with Crippen molar-refractivity contribution in [2.24, 2.45) is 5.14 Å². The van der Waals surface area contributed by atoms with E-state index in [4.69, 9.17) is 9.56 Å². The first kappa shape index (κ1) is 22.8. The minimum Gasteiger partial charge on any atom is -0.461 e. The number of nitrogens with one attached hydrogen (secondary N) is 1. The molecule has 0 spiro atoms. The number of aromatic nitrogens is 3. The Labute approximate surface area is 195 Å². The number of nitrogens with two attached hydrogens (primary N) is 1. The average Bonchev–Trinajstić information content (AvgIpc) is 3.47. The van der Waals surface area contributed by atoms with E-state index in [-0.39, 0.29) is 22.6 Å². The highest BCUT2D eigenvalue weighted by Crippen LogP contribution is 2.28. The number of primary sulfonamides is 1. The molecule has 0 radical (unpaired) electrons. The predicted octanol–water partition coefficient (Wildman–Crippen LogP) is 3.14. The van der Waals surface area contributed by atoms with Crippen LogP contribution in [0.15, 0.2) is 87.5 Å². The zero-order chi connectivity index (χ0) is 23.4. The first-order chi connectivity index (χ1) is 15.8. The summed E-state index contributed by atoms with van der Waals surface area (Å²) < 4.78 is 30.1. The minimum absolute atomic E-state index is 0.0212. The van der Waals surface area contributed by atoms with Crippen molar-refractivity contribution < 1.29 is 17.6 Å². The molecule has 3 N–H and O–H groups in total. The van der Waals surface area contributed by atoms with Gasteiger partial charge >= 0.3 is 0 Å². The first-order valence-corrected chi connectivity index (χ1v) is 12.5. The first-order valence-electron chi connectivity index (χ1n) is 9.92. The third kappa shape index (κ3) is 5.33. The molecule has 0 aliphatic rings. The molecule has 1 atom stereocenters. The lowest BCUT2D eigenvalue weighted by molar-refractivity contribution is -0.119. The van der Waals surface area contributed by atoms with Crippen molar-refractivity contribution in [1.29, 1.82) is 0 Å². The van der Waals surface area contributed by atoms with E-state index in [1.54, 1.807) is 30.5 Å². The highest BCUT2D eigenvalue weighted by Gasteiger charge is 2.19. The highest BCUT2D eigenvalue weighted by atomic mass is 32.2. The average molecular weight is 484 g/mol. The molecule has 2 heterocycles. The molecule has 0 saturated heterocycles. The summed E-state index contributed by atoms with van der Waals surface area (Å²) in [5.41, 5.74) is 1.61. The summed E-state index contributed by atoms with van der Waals surface area (Å²) in [5.74, 6) is 1.02. The number of sulfonamides is 1. The predicted molar refractivity (Wildman–Crippen MR) is 124 cm³/mol. The second-order valence-electron chi connectivity index (χ2n) is 7.15. The van der Waals surface area contributed by atoms with Gasteiger partial charge < -0.3 is 9.73 Å². The van der Waals surface area contributed by atoms with Gasteiger partial charge in [-0.25, -0.2) is 13.6 Å². The molecular weight excluding hydrogens is 462 g/mol. The van der Waals surface area contributed by atoms with Crippen LogP contribution in [0.3, 0.4) is 0 Å². The quantitative estimate of drug-likeness (QED) is 0.368. The van der Waals surface area contributed by atoms with Crippen LogP contribution in [0.4, 0.5) is 0 Å². The van der Waals surface area contributed by atoms with Crippen molar-refractivity contribution in [3.63, 3.8) is 0 Å². The fraction of sp³-hybridized carbons (Fsp3) is 0.136. The van der Waals surface area contributed by atoms with Gasteiger partial charge in [0.2, 0.25) is 21.8 Å². The van der Waals surface area contributed by atoms with Crippen molar-refractivity contribution in [3.8, 4) is 17.3 Å². The van der Waals surface area contributed by atoms with Crippen molar-refractivity contribution in [1.82, 2.24) is 20.1 Å². The molecule has 4 aromatic rings. The summed E-state index contributed by atoms with van der Waals surface area (Å²) >= 11 is 1.25.